The summed E-state index contributed by atoms with van der Waals surface area (Å²) in [6.07, 6.45) is 58.9. The number of aliphatic hydroxyl groups is 8. The van der Waals surface area contributed by atoms with Gasteiger partial charge in [-0.2, -0.15) is 0 Å². The zero-order valence-corrected chi connectivity index (χ0v) is 55.5. The van der Waals surface area contributed by atoms with E-state index in [2.05, 4.69) is 55.6 Å². The minimum Gasteiger partial charge on any atom is -0.394 e. The molecule has 2 saturated heterocycles. The Balaban J connectivity index is 1.69. The molecule has 0 aliphatic carbocycles. The van der Waals surface area contributed by atoms with Gasteiger partial charge in [0.1, 0.15) is 48.8 Å². The van der Waals surface area contributed by atoms with Crippen molar-refractivity contribution in [3.8, 4) is 0 Å². The molecule has 2 heterocycles. The summed E-state index contributed by atoms with van der Waals surface area (Å²) in [6, 6.07) is -0.939. The van der Waals surface area contributed by atoms with Crippen molar-refractivity contribution < 1.29 is 64.6 Å². The summed E-state index contributed by atoms with van der Waals surface area (Å²) in [5.41, 5.74) is 0. The van der Waals surface area contributed by atoms with E-state index in [9.17, 15) is 45.6 Å². The van der Waals surface area contributed by atoms with Crippen LogP contribution in [-0.2, 0) is 23.7 Å². The normalized spacial score (nSPS) is 23.5. The Morgan fingerprint density at radius 2 is 0.736 bits per heavy atom. The lowest BCUT2D eigenvalue weighted by Crippen LogP contribution is -2.65. The Morgan fingerprint density at radius 1 is 0.402 bits per heavy atom. The maximum absolute atomic E-state index is 13.3. The second kappa shape index (κ2) is 57.8. The number of allylic oxidation sites excluding steroid dienone is 7. The summed E-state index contributed by atoms with van der Waals surface area (Å²) in [4.78, 5) is 13.3. The van der Waals surface area contributed by atoms with Gasteiger partial charge in [-0.1, -0.05) is 287 Å². The molecular weight excluding hydrogens is 1100 g/mol. The molecule has 0 saturated carbocycles. The molecule has 2 rings (SSSR count). The number of unbranched alkanes of at least 4 members (excludes halogenated alkanes) is 41. The monoisotopic (exact) mass is 1230 g/mol. The molecule has 87 heavy (non-hydrogen) atoms. The summed E-state index contributed by atoms with van der Waals surface area (Å²) in [7, 11) is 0. The molecule has 14 nitrogen and oxygen atoms in total. The third-order valence-corrected chi connectivity index (χ3v) is 17.7. The maximum Gasteiger partial charge on any atom is 0.220 e. The van der Waals surface area contributed by atoms with E-state index in [1.807, 2.05) is 6.08 Å². The van der Waals surface area contributed by atoms with Gasteiger partial charge in [0.15, 0.2) is 12.6 Å². The van der Waals surface area contributed by atoms with Gasteiger partial charge in [0.05, 0.1) is 32.0 Å². The summed E-state index contributed by atoms with van der Waals surface area (Å²) in [5, 5.41) is 87.5. The standard InChI is InChI=1S/C73H135NO13/c1-3-5-7-9-11-13-15-17-19-21-23-25-27-29-31-33-35-37-39-41-43-45-47-49-51-53-55-57-65(78)74-61(60-84-72-70(83)68(81)71(64(59-76)86-72)87-73-69(82)67(80)66(79)63(58-75)85-73)62(77)56-54-52-50-48-46-44-42-40-38-36-34-32-30-28-26-24-22-20-18-16-14-12-10-8-6-4-2/h21,23,38,40,46,48,54,56,61-64,66-73,75-77,79-83H,3-20,22,24-37,39,41-45,47,49-53,55,57-60H2,1-2H3,(H,74,78)/b23-21-,40-38+,48-46+,56-54+. The molecule has 0 spiro atoms. The molecule has 9 N–H and O–H groups in total. The van der Waals surface area contributed by atoms with Crippen LogP contribution in [0.3, 0.4) is 0 Å². The van der Waals surface area contributed by atoms with Gasteiger partial charge in [0, 0.05) is 6.42 Å². The third-order valence-electron chi connectivity index (χ3n) is 17.7. The second-order valence-electron chi connectivity index (χ2n) is 25.7. The molecule has 14 heteroatoms. The lowest BCUT2D eigenvalue weighted by molar-refractivity contribution is -0.359. The number of hydrogen-bond donors (Lipinski definition) is 9. The molecule has 2 aliphatic rings. The Bertz CT molecular complexity index is 1640. The predicted octanol–water partition coefficient (Wildman–Crippen LogP) is 15.1. The van der Waals surface area contributed by atoms with E-state index in [0.29, 0.717) is 12.8 Å². The first-order chi connectivity index (χ1) is 42.6. The van der Waals surface area contributed by atoms with Gasteiger partial charge in [-0.05, 0) is 70.6 Å². The number of nitrogens with one attached hydrogen (secondary N) is 1. The molecule has 0 radical (unpaired) electrons. The van der Waals surface area contributed by atoms with Gasteiger partial charge in [-0.25, -0.2) is 0 Å². The molecule has 0 bridgehead atoms. The SMILES string of the molecule is CCCCCCCCCC/C=C\CCCCCCCCCCCCCCCCCC(=O)NC(COC1OC(CO)C(OC2OC(CO)C(O)C(O)C2O)C(O)C1O)C(O)/C=C/CC/C=C/CC/C=C/CCCCCCCCCCCCCCCCCC. The molecule has 12 atom stereocenters. The molecule has 2 aliphatic heterocycles. The average molecular weight is 1230 g/mol. The van der Waals surface area contributed by atoms with Crippen LogP contribution in [0, 0.1) is 0 Å². The van der Waals surface area contributed by atoms with E-state index in [4.69, 9.17) is 18.9 Å². The van der Waals surface area contributed by atoms with Gasteiger partial charge in [-0.15, -0.1) is 0 Å². The number of amides is 1. The van der Waals surface area contributed by atoms with Crippen molar-refractivity contribution in [3.63, 3.8) is 0 Å². The maximum atomic E-state index is 13.3. The van der Waals surface area contributed by atoms with Crippen LogP contribution in [0.25, 0.3) is 0 Å². The van der Waals surface area contributed by atoms with Crippen LogP contribution in [0.15, 0.2) is 48.6 Å². The predicted molar refractivity (Wildman–Crippen MR) is 355 cm³/mol. The van der Waals surface area contributed by atoms with E-state index < -0.39 is 86.8 Å². The van der Waals surface area contributed by atoms with E-state index >= 15 is 0 Å². The highest BCUT2D eigenvalue weighted by atomic mass is 16.7. The van der Waals surface area contributed by atoms with Crippen LogP contribution >= 0.6 is 0 Å². The van der Waals surface area contributed by atoms with Crippen molar-refractivity contribution >= 4 is 5.91 Å². The largest absolute Gasteiger partial charge is 0.394 e. The molecule has 0 aromatic carbocycles. The number of carbonyl (C=O) groups is 1. The Kier molecular flexibility index (Phi) is 53.9. The first-order valence-corrected chi connectivity index (χ1v) is 36.4. The lowest BCUT2D eigenvalue weighted by atomic mass is 9.97. The molecule has 12 unspecified atom stereocenters. The highest BCUT2D eigenvalue weighted by molar-refractivity contribution is 5.76. The molecule has 2 fully saturated rings. The molecule has 510 valence electrons. The quantitative estimate of drug-likeness (QED) is 0.0204. The van der Waals surface area contributed by atoms with E-state index in [1.54, 1.807) is 6.08 Å². The van der Waals surface area contributed by atoms with E-state index in [0.717, 1.165) is 44.9 Å². The van der Waals surface area contributed by atoms with Crippen LogP contribution in [0.5, 0.6) is 0 Å². The fourth-order valence-electron chi connectivity index (χ4n) is 11.9. The highest BCUT2D eigenvalue weighted by Gasteiger charge is 2.51. The van der Waals surface area contributed by atoms with Gasteiger partial charge < -0.3 is 65.1 Å². The average Bonchev–Trinajstić information content (AvgIpc) is 2.58. The molecule has 0 aromatic rings. The highest BCUT2D eigenvalue weighted by Crippen LogP contribution is 2.30. The third kappa shape index (κ3) is 41.9. The van der Waals surface area contributed by atoms with E-state index in [1.165, 1.54) is 238 Å². The molecule has 1 amide bonds. The summed E-state index contributed by atoms with van der Waals surface area (Å²) in [6.45, 7) is 2.82. The van der Waals surface area contributed by atoms with Crippen molar-refractivity contribution in [3.05, 3.63) is 48.6 Å². The number of hydrogen-bond acceptors (Lipinski definition) is 13. The number of carbonyl (C=O) groups excluding carboxylic acids is 1. The first-order valence-electron chi connectivity index (χ1n) is 36.4. The molecule has 0 aromatic heterocycles. The Labute approximate surface area is 531 Å². The lowest BCUT2D eigenvalue weighted by Gasteiger charge is -2.46. The summed E-state index contributed by atoms with van der Waals surface area (Å²) < 4.78 is 22.8. The number of ether oxygens (including phenoxy) is 4. The summed E-state index contributed by atoms with van der Waals surface area (Å²) >= 11 is 0. The Morgan fingerprint density at radius 3 is 1.13 bits per heavy atom. The van der Waals surface area contributed by atoms with Gasteiger partial charge in [0.25, 0.3) is 0 Å². The topological polar surface area (TPSA) is 228 Å². The first kappa shape index (κ1) is 81.0. The van der Waals surface area contributed by atoms with Crippen molar-refractivity contribution in [2.75, 3.05) is 19.8 Å². The zero-order chi connectivity index (χ0) is 63.1. The number of aliphatic hydroxyl groups excluding tert-OH is 8. The van der Waals surface area contributed by atoms with Gasteiger partial charge in [-0.3, -0.25) is 4.79 Å². The van der Waals surface area contributed by atoms with Crippen molar-refractivity contribution in [1.29, 1.82) is 0 Å². The van der Waals surface area contributed by atoms with Crippen LogP contribution in [0.2, 0.25) is 0 Å². The van der Waals surface area contributed by atoms with Crippen LogP contribution in [-0.4, -0.2) is 140 Å². The van der Waals surface area contributed by atoms with Crippen LogP contribution in [0.4, 0.5) is 0 Å². The Hall–Kier alpha value is -2.05. The smallest absolute Gasteiger partial charge is 0.220 e. The van der Waals surface area contributed by atoms with Gasteiger partial charge in [0.2, 0.25) is 5.91 Å². The number of rotatable bonds is 60. The summed E-state index contributed by atoms with van der Waals surface area (Å²) in [5.74, 6) is -0.249. The minimum atomic E-state index is -1.79. The fourth-order valence-corrected chi connectivity index (χ4v) is 11.9. The van der Waals surface area contributed by atoms with Crippen LogP contribution in [0.1, 0.15) is 316 Å². The van der Waals surface area contributed by atoms with E-state index in [-0.39, 0.29) is 18.9 Å². The zero-order valence-electron chi connectivity index (χ0n) is 55.5. The second-order valence-corrected chi connectivity index (χ2v) is 25.7. The van der Waals surface area contributed by atoms with Crippen molar-refractivity contribution in [2.45, 2.75) is 389 Å². The van der Waals surface area contributed by atoms with Crippen LogP contribution < -0.4 is 5.32 Å². The van der Waals surface area contributed by atoms with Gasteiger partial charge >= 0.3 is 0 Å². The minimum absolute atomic E-state index is 0.249. The van der Waals surface area contributed by atoms with Crippen molar-refractivity contribution in [1.82, 2.24) is 5.32 Å². The van der Waals surface area contributed by atoms with Crippen molar-refractivity contribution in [2.24, 2.45) is 0 Å². The molecular formula is C73H135NO13. The fraction of sp³-hybridized carbons (Fsp3) is 0.877.